The minimum absolute atomic E-state index is 0.657. The summed E-state index contributed by atoms with van der Waals surface area (Å²) in [5, 5.41) is 8.00. The summed E-state index contributed by atoms with van der Waals surface area (Å²) >= 11 is 5.43. The largest absolute Gasteiger partial charge is 0.241 e. The normalized spacial score (nSPS) is 11.5. The van der Waals surface area contributed by atoms with Gasteiger partial charge in [-0.3, -0.25) is 0 Å². The van der Waals surface area contributed by atoms with E-state index in [1.165, 1.54) is 5.54 Å². The van der Waals surface area contributed by atoms with E-state index in [-0.39, 0.29) is 0 Å². The lowest BCUT2D eigenvalue weighted by molar-refractivity contribution is 0.683. The summed E-state index contributed by atoms with van der Waals surface area (Å²) in [5.41, 5.74) is 3.42. The Morgan fingerprint density at radius 1 is 1.38 bits per heavy atom. The summed E-state index contributed by atoms with van der Waals surface area (Å²) in [5.74, 6) is 0. The topological polar surface area (TPSA) is 30.7 Å². The molecule has 0 aliphatic heterocycles. The van der Waals surface area contributed by atoms with Gasteiger partial charge in [-0.05, 0) is 12.1 Å². The first kappa shape index (κ1) is 8.26. The number of aromatic nitrogens is 3. The highest BCUT2D eigenvalue weighted by atomic mass is 35.5. The highest BCUT2D eigenvalue weighted by molar-refractivity contribution is 6.25. The first-order chi connectivity index (χ1) is 6.42. The Kier molecular flexibility index (Phi) is 2.27. The Balaban J connectivity index is 2.45. The molecule has 0 atom stereocenters. The summed E-state index contributed by atoms with van der Waals surface area (Å²) in [6.45, 7) is 0.657. The molecule has 0 N–H and O–H groups in total. The molecule has 0 saturated heterocycles. The zero-order valence-corrected chi connectivity index (χ0v) is 7.65. The summed E-state index contributed by atoms with van der Waals surface area (Å²) in [6.07, 6.45) is 1.82. The van der Waals surface area contributed by atoms with Crippen LogP contribution >= 0.6 is 11.6 Å². The van der Waals surface area contributed by atoms with E-state index in [1.54, 1.807) is 4.68 Å². The SMILES string of the molecule is ClC=CCn1nnc2ccccc21. The van der Waals surface area contributed by atoms with Crippen molar-refractivity contribution in [2.45, 2.75) is 6.54 Å². The molecule has 1 aromatic heterocycles. The zero-order valence-electron chi connectivity index (χ0n) is 6.89. The van der Waals surface area contributed by atoms with Crippen LogP contribution in [0.1, 0.15) is 0 Å². The van der Waals surface area contributed by atoms with Crippen LogP contribution in [0.25, 0.3) is 11.0 Å². The van der Waals surface area contributed by atoms with Gasteiger partial charge in [-0.25, -0.2) is 4.68 Å². The summed E-state index contributed by atoms with van der Waals surface area (Å²) < 4.78 is 1.80. The monoisotopic (exact) mass is 193 g/mol. The maximum absolute atomic E-state index is 5.43. The molecule has 0 radical (unpaired) electrons. The second kappa shape index (κ2) is 3.58. The van der Waals surface area contributed by atoms with Crippen LogP contribution in [-0.4, -0.2) is 15.0 Å². The van der Waals surface area contributed by atoms with E-state index >= 15 is 0 Å². The standard InChI is InChI=1S/C9H8ClN3/c10-6-3-7-13-9-5-2-1-4-8(9)11-12-13/h1-6H,7H2. The van der Waals surface area contributed by atoms with Gasteiger partial charge in [0.2, 0.25) is 0 Å². The molecular weight excluding hydrogens is 186 g/mol. The Bertz CT molecular complexity index is 433. The lowest BCUT2D eigenvalue weighted by Gasteiger charge is -1.94. The van der Waals surface area contributed by atoms with Crippen molar-refractivity contribution in [3.05, 3.63) is 35.9 Å². The van der Waals surface area contributed by atoms with Crippen LogP contribution in [0.15, 0.2) is 35.9 Å². The molecule has 0 aliphatic rings. The van der Waals surface area contributed by atoms with Gasteiger partial charge in [0.25, 0.3) is 0 Å². The van der Waals surface area contributed by atoms with Crippen LogP contribution in [0.3, 0.4) is 0 Å². The van der Waals surface area contributed by atoms with Gasteiger partial charge in [0.15, 0.2) is 0 Å². The maximum Gasteiger partial charge on any atom is 0.113 e. The summed E-state index contributed by atoms with van der Waals surface area (Å²) in [4.78, 5) is 0. The molecule has 4 heteroatoms. The van der Waals surface area contributed by atoms with Gasteiger partial charge < -0.3 is 0 Å². The first-order valence-electron chi connectivity index (χ1n) is 3.95. The van der Waals surface area contributed by atoms with Crippen molar-refractivity contribution in [1.82, 2.24) is 15.0 Å². The van der Waals surface area contributed by atoms with Crippen LogP contribution in [0.5, 0.6) is 0 Å². The molecule has 1 heterocycles. The van der Waals surface area contributed by atoms with Crippen molar-refractivity contribution in [2.75, 3.05) is 0 Å². The van der Waals surface area contributed by atoms with Crippen LogP contribution < -0.4 is 0 Å². The van der Waals surface area contributed by atoms with E-state index < -0.39 is 0 Å². The molecule has 0 spiro atoms. The zero-order chi connectivity index (χ0) is 9.10. The number of fused-ring (bicyclic) bond motifs is 1. The molecular formula is C9H8ClN3. The van der Waals surface area contributed by atoms with E-state index in [9.17, 15) is 0 Å². The number of allylic oxidation sites excluding steroid dienone is 1. The average Bonchev–Trinajstić information content (AvgIpc) is 2.58. The third-order valence-electron chi connectivity index (χ3n) is 1.79. The predicted octanol–water partition coefficient (Wildman–Crippen LogP) is 2.18. The van der Waals surface area contributed by atoms with Gasteiger partial charge in [0, 0.05) is 5.54 Å². The van der Waals surface area contributed by atoms with Crippen molar-refractivity contribution in [3.8, 4) is 0 Å². The number of para-hydroxylation sites is 1. The number of halogens is 1. The Morgan fingerprint density at radius 3 is 3.08 bits per heavy atom. The molecule has 0 unspecified atom stereocenters. The second-order valence-electron chi connectivity index (χ2n) is 2.62. The number of hydrogen-bond donors (Lipinski definition) is 0. The summed E-state index contributed by atoms with van der Waals surface area (Å²) in [6, 6.07) is 7.83. The third-order valence-corrected chi connectivity index (χ3v) is 1.97. The molecule has 0 amide bonds. The predicted molar refractivity (Wildman–Crippen MR) is 52.5 cm³/mol. The molecule has 0 fully saturated rings. The van der Waals surface area contributed by atoms with Crippen molar-refractivity contribution in [3.63, 3.8) is 0 Å². The smallest absolute Gasteiger partial charge is 0.113 e. The second-order valence-corrected chi connectivity index (χ2v) is 2.87. The maximum atomic E-state index is 5.43. The molecule has 2 aromatic rings. The molecule has 13 heavy (non-hydrogen) atoms. The van der Waals surface area contributed by atoms with Crippen molar-refractivity contribution >= 4 is 22.6 Å². The van der Waals surface area contributed by atoms with Crippen molar-refractivity contribution < 1.29 is 0 Å². The lowest BCUT2D eigenvalue weighted by Crippen LogP contribution is -1.96. The molecule has 0 aliphatic carbocycles. The van der Waals surface area contributed by atoms with Gasteiger partial charge in [-0.15, -0.1) is 5.10 Å². The van der Waals surface area contributed by atoms with E-state index in [1.807, 2.05) is 30.3 Å². The van der Waals surface area contributed by atoms with E-state index in [0.29, 0.717) is 6.54 Å². The fraction of sp³-hybridized carbons (Fsp3) is 0.111. The van der Waals surface area contributed by atoms with E-state index in [0.717, 1.165) is 11.0 Å². The third kappa shape index (κ3) is 1.55. The molecule has 0 bridgehead atoms. The van der Waals surface area contributed by atoms with Crippen molar-refractivity contribution in [2.24, 2.45) is 0 Å². The average molecular weight is 194 g/mol. The molecule has 66 valence electrons. The fourth-order valence-electron chi connectivity index (χ4n) is 1.19. The lowest BCUT2D eigenvalue weighted by atomic mass is 10.3. The molecule has 1 aromatic carbocycles. The highest BCUT2D eigenvalue weighted by Crippen LogP contribution is 2.09. The van der Waals surface area contributed by atoms with Crippen LogP contribution in [-0.2, 0) is 6.54 Å². The van der Waals surface area contributed by atoms with Crippen LogP contribution in [0.2, 0.25) is 0 Å². The van der Waals surface area contributed by atoms with Gasteiger partial charge in [-0.2, -0.15) is 0 Å². The van der Waals surface area contributed by atoms with Crippen LogP contribution in [0.4, 0.5) is 0 Å². The fourth-order valence-corrected chi connectivity index (χ4v) is 1.27. The van der Waals surface area contributed by atoms with Crippen LogP contribution in [0, 0.1) is 0 Å². The minimum Gasteiger partial charge on any atom is -0.241 e. The Hall–Kier alpha value is -1.35. The number of nitrogens with zero attached hydrogens (tertiary/aromatic N) is 3. The number of benzene rings is 1. The van der Waals surface area contributed by atoms with Gasteiger partial charge in [0.1, 0.15) is 5.52 Å². The molecule has 2 rings (SSSR count). The number of rotatable bonds is 2. The van der Waals surface area contributed by atoms with Gasteiger partial charge in [-0.1, -0.05) is 35.0 Å². The van der Waals surface area contributed by atoms with Crippen molar-refractivity contribution in [1.29, 1.82) is 0 Å². The van der Waals surface area contributed by atoms with E-state index in [4.69, 9.17) is 11.6 Å². The van der Waals surface area contributed by atoms with Gasteiger partial charge >= 0.3 is 0 Å². The Labute approximate surface area is 80.6 Å². The Morgan fingerprint density at radius 2 is 2.23 bits per heavy atom. The van der Waals surface area contributed by atoms with E-state index in [2.05, 4.69) is 10.3 Å². The number of hydrogen-bond acceptors (Lipinski definition) is 2. The first-order valence-corrected chi connectivity index (χ1v) is 4.39. The minimum atomic E-state index is 0.657. The quantitative estimate of drug-likeness (QED) is 0.732. The highest BCUT2D eigenvalue weighted by Gasteiger charge is 1.99. The summed E-state index contributed by atoms with van der Waals surface area (Å²) in [7, 11) is 0. The molecule has 3 nitrogen and oxygen atoms in total. The molecule has 0 saturated carbocycles. The van der Waals surface area contributed by atoms with Gasteiger partial charge in [0.05, 0.1) is 12.1 Å².